The van der Waals surface area contributed by atoms with Gasteiger partial charge in [-0.05, 0) is 73.3 Å². The topological polar surface area (TPSA) is 68.3 Å². The monoisotopic (exact) mass is 458 g/mol. The van der Waals surface area contributed by atoms with Gasteiger partial charge < -0.3 is 10.1 Å². The number of pyridine rings is 1. The number of amides is 1. The highest BCUT2D eigenvalue weighted by molar-refractivity contribution is 6.06. The molecule has 0 saturated heterocycles. The molecule has 4 rings (SSSR count). The molecular formula is C29H34N2O3. The van der Waals surface area contributed by atoms with Crippen LogP contribution in [0.3, 0.4) is 0 Å². The van der Waals surface area contributed by atoms with Crippen LogP contribution in [0.15, 0.2) is 42.5 Å². The second-order valence-corrected chi connectivity index (χ2v) is 10.1. The SMILES string of the molecule is CCC(C)(C)C1CCc2nc3ccccc3c(C(=O)OCC(=O)Nc3cccc(C)c3C)c2C1. The molecule has 0 radical (unpaired) electrons. The van der Waals surface area contributed by atoms with Crippen LogP contribution >= 0.6 is 0 Å². The lowest BCUT2D eigenvalue weighted by Gasteiger charge is -2.37. The van der Waals surface area contributed by atoms with Crippen LogP contribution in [-0.2, 0) is 22.4 Å². The quantitative estimate of drug-likeness (QED) is 0.447. The molecule has 1 amide bonds. The van der Waals surface area contributed by atoms with Crippen LogP contribution < -0.4 is 5.32 Å². The molecule has 0 aliphatic heterocycles. The van der Waals surface area contributed by atoms with Crippen LogP contribution in [0.2, 0.25) is 0 Å². The van der Waals surface area contributed by atoms with Crippen molar-refractivity contribution in [2.24, 2.45) is 11.3 Å². The van der Waals surface area contributed by atoms with Crippen molar-refractivity contribution in [1.82, 2.24) is 4.98 Å². The van der Waals surface area contributed by atoms with Gasteiger partial charge in [0.05, 0.1) is 11.1 Å². The van der Waals surface area contributed by atoms with Crippen LogP contribution in [0.1, 0.15) is 66.4 Å². The summed E-state index contributed by atoms with van der Waals surface area (Å²) in [6.07, 6.45) is 3.78. The van der Waals surface area contributed by atoms with E-state index in [-0.39, 0.29) is 17.9 Å². The molecule has 1 heterocycles. The summed E-state index contributed by atoms with van der Waals surface area (Å²) >= 11 is 0. The first-order chi connectivity index (χ1) is 16.2. The first-order valence-electron chi connectivity index (χ1n) is 12.1. The van der Waals surface area contributed by atoms with Crippen LogP contribution in [0.5, 0.6) is 0 Å². The number of fused-ring (bicyclic) bond motifs is 2. The van der Waals surface area contributed by atoms with Crippen molar-refractivity contribution in [3.8, 4) is 0 Å². The summed E-state index contributed by atoms with van der Waals surface area (Å²) in [7, 11) is 0. The molecule has 34 heavy (non-hydrogen) atoms. The van der Waals surface area contributed by atoms with Crippen molar-refractivity contribution in [3.05, 3.63) is 70.4 Å². The Bertz CT molecular complexity index is 1250. The summed E-state index contributed by atoms with van der Waals surface area (Å²) in [5, 5.41) is 3.65. The average molecular weight is 459 g/mol. The Morgan fingerprint density at radius 3 is 2.65 bits per heavy atom. The van der Waals surface area contributed by atoms with Crippen molar-refractivity contribution in [2.75, 3.05) is 11.9 Å². The Kier molecular flexibility index (Phi) is 6.74. The fourth-order valence-electron chi connectivity index (χ4n) is 4.85. The zero-order chi connectivity index (χ0) is 24.5. The van der Waals surface area contributed by atoms with Gasteiger partial charge in [-0.15, -0.1) is 0 Å². The highest BCUT2D eigenvalue weighted by Crippen LogP contribution is 2.41. The number of benzene rings is 2. The van der Waals surface area contributed by atoms with Gasteiger partial charge in [0.25, 0.3) is 5.91 Å². The Hall–Kier alpha value is -3.21. The number of ether oxygens (including phenoxy) is 1. The van der Waals surface area contributed by atoms with Gasteiger partial charge in [-0.2, -0.15) is 0 Å². The van der Waals surface area contributed by atoms with E-state index in [0.29, 0.717) is 11.5 Å². The highest BCUT2D eigenvalue weighted by atomic mass is 16.5. The van der Waals surface area contributed by atoms with Gasteiger partial charge in [0, 0.05) is 16.8 Å². The number of carbonyl (C=O) groups excluding carboxylic acids is 2. The van der Waals surface area contributed by atoms with Gasteiger partial charge in [0.2, 0.25) is 0 Å². The number of hydrogen-bond acceptors (Lipinski definition) is 4. The minimum Gasteiger partial charge on any atom is -0.452 e. The number of nitrogens with one attached hydrogen (secondary N) is 1. The van der Waals surface area contributed by atoms with Crippen molar-refractivity contribution in [2.45, 2.75) is 60.3 Å². The third kappa shape index (κ3) is 4.70. The van der Waals surface area contributed by atoms with Crippen LogP contribution in [0.4, 0.5) is 5.69 Å². The summed E-state index contributed by atoms with van der Waals surface area (Å²) in [4.78, 5) is 30.9. The maximum Gasteiger partial charge on any atom is 0.339 e. The minimum atomic E-state index is -0.457. The van der Waals surface area contributed by atoms with E-state index >= 15 is 0 Å². The lowest BCUT2D eigenvalue weighted by Crippen LogP contribution is -2.31. The van der Waals surface area contributed by atoms with E-state index in [1.54, 1.807) is 0 Å². The predicted molar refractivity (Wildman–Crippen MR) is 136 cm³/mol. The Labute approximate surface area is 201 Å². The number of anilines is 1. The first kappa shape index (κ1) is 23.9. The molecule has 0 fully saturated rings. The molecule has 5 nitrogen and oxygen atoms in total. The van der Waals surface area contributed by atoms with Gasteiger partial charge in [-0.1, -0.05) is 57.5 Å². The highest BCUT2D eigenvalue weighted by Gasteiger charge is 2.34. The Balaban J connectivity index is 1.60. The van der Waals surface area contributed by atoms with Crippen LogP contribution in [0.25, 0.3) is 10.9 Å². The van der Waals surface area contributed by atoms with Gasteiger partial charge >= 0.3 is 5.97 Å². The number of esters is 1. The van der Waals surface area contributed by atoms with E-state index in [1.807, 2.05) is 56.3 Å². The van der Waals surface area contributed by atoms with E-state index in [4.69, 9.17) is 9.72 Å². The van der Waals surface area contributed by atoms with Crippen molar-refractivity contribution in [1.29, 1.82) is 0 Å². The number of aromatic nitrogens is 1. The summed E-state index contributed by atoms with van der Waals surface area (Å²) in [6.45, 7) is 10.4. The number of nitrogens with zero attached hydrogens (tertiary/aromatic N) is 1. The molecule has 1 N–H and O–H groups in total. The maximum atomic E-state index is 13.4. The lowest BCUT2D eigenvalue weighted by molar-refractivity contribution is -0.119. The van der Waals surface area contributed by atoms with E-state index in [1.165, 1.54) is 0 Å². The molecule has 0 saturated carbocycles. The molecule has 1 aromatic heterocycles. The molecule has 1 atom stereocenters. The van der Waals surface area contributed by atoms with E-state index in [2.05, 4.69) is 26.1 Å². The maximum absolute atomic E-state index is 13.4. The normalized spacial score (nSPS) is 15.6. The van der Waals surface area contributed by atoms with Gasteiger partial charge in [-0.3, -0.25) is 9.78 Å². The Morgan fingerprint density at radius 1 is 1.12 bits per heavy atom. The fraction of sp³-hybridized carbons (Fsp3) is 0.414. The molecule has 178 valence electrons. The van der Waals surface area contributed by atoms with Gasteiger partial charge in [-0.25, -0.2) is 4.79 Å². The number of carbonyl (C=O) groups is 2. The first-order valence-corrected chi connectivity index (χ1v) is 12.1. The zero-order valence-electron chi connectivity index (χ0n) is 20.8. The molecule has 3 aromatic rings. The van der Waals surface area contributed by atoms with E-state index in [9.17, 15) is 9.59 Å². The number of rotatable bonds is 6. The molecular weight excluding hydrogens is 424 g/mol. The zero-order valence-corrected chi connectivity index (χ0v) is 20.8. The summed E-state index contributed by atoms with van der Waals surface area (Å²) in [6, 6.07) is 13.4. The van der Waals surface area contributed by atoms with Crippen molar-refractivity contribution < 1.29 is 14.3 Å². The molecule has 5 heteroatoms. The number of para-hydroxylation sites is 1. The largest absolute Gasteiger partial charge is 0.452 e. The second-order valence-electron chi connectivity index (χ2n) is 10.1. The van der Waals surface area contributed by atoms with E-state index < -0.39 is 5.97 Å². The molecule has 0 bridgehead atoms. The lowest BCUT2D eigenvalue weighted by atomic mass is 9.68. The summed E-state index contributed by atoms with van der Waals surface area (Å²) < 4.78 is 5.57. The summed E-state index contributed by atoms with van der Waals surface area (Å²) in [5.41, 5.74) is 6.33. The molecule has 0 spiro atoms. The number of hydrogen-bond donors (Lipinski definition) is 1. The van der Waals surface area contributed by atoms with Crippen LogP contribution in [0, 0.1) is 25.2 Å². The molecule has 1 aliphatic carbocycles. The molecule has 2 aromatic carbocycles. The van der Waals surface area contributed by atoms with Crippen molar-refractivity contribution >= 4 is 28.5 Å². The Morgan fingerprint density at radius 2 is 1.88 bits per heavy atom. The average Bonchev–Trinajstić information content (AvgIpc) is 2.83. The summed E-state index contributed by atoms with van der Waals surface area (Å²) in [5.74, 6) is -0.340. The number of aryl methyl sites for hydroxylation is 2. The fourth-order valence-corrected chi connectivity index (χ4v) is 4.85. The van der Waals surface area contributed by atoms with Crippen LogP contribution in [-0.4, -0.2) is 23.5 Å². The van der Waals surface area contributed by atoms with Crippen molar-refractivity contribution in [3.63, 3.8) is 0 Å². The second kappa shape index (κ2) is 9.57. The molecule has 1 aliphatic rings. The van der Waals surface area contributed by atoms with E-state index in [0.717, 1.165) is 64.7 Å². The third-order valence-corrected chi connectivity index (χ3v) is 7.69. The minimum absolute atomic E-state index is 0.177. The third-order valence-electron chi connectivity index (χ3n) is 7.69. The standard InChI is InChI=1S/C29H34N2O3/c1-6-29(4,5)20-14-15-25-22(16-20)27(21-11-7-8-12-24(21)30-25)28(33)34-17-26(32)31-23-13-9-10-18(2)19(23)3/h7-13,20H,6,14-17H2,1-5H3,(H,31,32). The predicted octanol–water partition coefficient (Wildman–Crippen LogP) is 6.19. The van der Waals surface area contributed by atoms with Gasteiger partial charge in [0.1, 0.15) is 0 Å². The molecule has 1 unspecified atom stereocenters. The van der Waals surface area contributed by atoms with Gasteiger partial charge in [0.15, 0.2) is 6.61 Å². The smallest absolute Gasteiger partial charge is 0.339 e.